The standard InChI is InChI=1S/C14H21BrN2S/c1-3-12-9-17(6-7-18-12)14-8-11(15)4-5-13(14)10(2)16/h4-5,8,10,12H,3,6-7,9,16H2,1-2H3. The summed E-state index contributed by atoms with van der Waals surface area (Å²) < 4.78 is 1.13. The van der Waals surface area contributed by atoms with Gasteiger partial charge in [0.2, 0.25) is 0 Å². The molecular weight excluding hydrogens is 308 g/mol. The largest absolute Gasteiger partial charge is 0.369 e. The van der Waals surface area contributed by atoms with Crippen molar-refractivity contribution in [3.05, 3.63) is 28.2 Å². The van der Waals surface area contributed by atoms with Gasteiger partial charge in [-0.2, -0.15) is 11.8 Å². The number of nitrogens with two attached hydrogens (primary N) is 1. The second-order valence-electron chi connectivity index (χ2n) is 4.84. The molecule has 2 nitrogen and oxygen atoms in total. The van der Waals surface area contributed by atoms with E-state index in [4.69, 9.17) is 5.73 Å². The van der Waals surface area contributed by atoms with Gasteiger partial charge in [-0.15, -0.1) is 0 Å². The maximum Gasteiger partial charge on any atom is 0.0426 e. The third-order valence-corrected chi connectivity index (χ3v) is 5.28. The molecule has 0 aromatic heterocycles. The Hall–Kier alpha value is -0.190. The van der Waals surface area contributed by atoms with Gasteiger partial charge in [0.05, 0.1) is 0 Å². The summed E-state index contributed by atoms with van der Waals surface area (Å²) in [6.45, 7) is 6.59. The molecule has 0 radical (unpaired) electrons. The monoisotopic (exact) mass is 328 g/mol. The molecule has 2 rings (SSSR count). The number of benzene rings is 1. The average molecular weight is 329 g/mol. The van der Waals surface area contributed by atoms with Crippen LogP contribution in [0, 0.1) is 0 Å². The number of thioether (sulfide) groups is 1. The predicted molar refractivity (Wildman–Crippen MR) is 85.5 cm³/mol. The van der Waals surface area contributed by atoms with Gasteiger partial charge in [0.25, 0.3) is 0 Å². The van der Waals surface area contributed by atoms with E-state index >= 15 is 0 Å². The molecule has 18 heavy (non-hydrogen) atoms. The predicted octanol–water partition coefficient (Wildman–Crippen LogP) is 3.80. The van der Waals surface area contributed by atoms with Gasteiger partial charge in [-0.25, -0.2) is 0 Å². The molecule has 0 spiro atoms. The van der Waals surface area contributed by atoms with Crippen molar-refractivity contribution < 1.29 is 0 Å². The third kappa shape index (κ3) is 3.22. The molecule has 2 unspecified atom stereocenters. The van der Waals surface area contributed by atoms with Gasteiger partial charge >= 0.3 is 0 Å². The minimum absolute atomic E-state index is 0.0859. The second-order valence-corrected chi connectivity index (χ2v) is 7.16. The zero-order valence-corrected chi connectivity index (χ0v) is 13.4. The Morgan fingerprint density at radius 1 is 1.56 bits per heavy atom. The third-order valence-electron chi connectivity index (χ3n) is 3.42. The topological polar surface area (TPSA) is 29.3 Å². The molecule has 100 valence electrons. The van der Waals surface area contributed by atoms with E-state index in [1.165, 1.54) is 23.4 Å². The summed E-state index contributed by atoms with van der Waals surface area (Å²) in [5.41, 5.74) is 8.65. The van der Waals surface area contributed by atoms with E-state index < -0.39 is 0 Å². The summed E-state index contributed by atoms with van der Waals surface area (Å²) in [6, 6.07) is 6.52. The molecule has 4 heteroatoms. The van der Waals surface area contributed by atoms with Crippen LogP contribution in [0.5, 0.6) is 0 Å². The fourth-order valence-electron chi connectivity index (χ4n) is 2.36. The van der Waals surface area contributed by atoms with Gasteiger partial charge in [0.1, 0.15) is 0 Å². The van der Waals surface area contributed by atoms with Crippen molar-refractivity contribution in [2.45, 2.75) is 31.6 Å². The number of hydrogen-bond acceptors (Lipinski definition) is 3. The number of rotatable bonds is 3. The van der Waals surface area contributed by atoms with E-state index in [0.717, 1.165) is 22.8 Å². The van der Waals surface area contributed by atoms with Crippen LogP contribution < -0.4 is 10.6 Å². The summed E-state index contributed by atoms with van der Waals surface area (Å²) >= 11 is 5.67. The molecule has 1 aromatic carbocycles. The van der Waals surface area contributed by atoms with Crippen LogP contribution in [0.1, 0.15) is 31.9 Å². The lowest BCUT2D eigenvalue weighted by atomic mass is 10.1. The molecule has 1 aliphatic heterocycles. The summed E-state index contributed by atoms with van der Waals surface area (Å²) in [4.78, 5) is 2.49. The van der Waals surface area contributed by atoms with E-state index in [-0.39, 0.29) is 6.04 Å². The maximum atomic E-state index is 6.09. The first kappa shape index (κ1) is 14.2. The second kappa shape index (κ2) is 6.31. The SMILES string of the molecule is CCC1CN(c2cc(Br)ccc2C(C)N)CCS1. The molecule has 2 atom stereocenters. The van der Waals surface area contributed by atoms with Crippen LogP contribution in [0.2, 0.25) is 0 Å². The van der Waals surface area contributed by atoms with Crippen LogP contribution in [-0.2, 0) is 0 Å². The molecule has 0 saturated carbocycles. The summed E-state index contributed by atoms with van der Waals surface area (Å²) in [6.07, 6.45) is 1.24. The van der Waals surface area contributed by atoms with Gasteiger partial charge in [-0.3, -0.25) is 0 Å². The van der Waals surface area contributed by atoms with Crippen LogP contribution in [0.15, 0.2) is 22.7 Å². The first-order chi connectivity index (χ1) is 8.61. The van der Waals surface area contributed by atoms with Crippen molar-refractivity contribution in [3.8, 4) is 0 Å². The Labute approximate surface area is 122 Å². The normalized spacial score (nSPS) is 22.0. The van der Waals surface area contributed by atoms with Crippen LogP contribution in [0.3, 0.4) is 0 Å². The lowest BCUT2D eigenvalue weighted by Gasteiger charge is -2.35. The van der Waals surface area contributed by atoms with E-state index in [2.05, 4.69) is 64.6 Å². The van der Waals surface area contributed by atoms with Crippen molar-refractivity contribution in [1.29, 1.82) is 0 Å². The molecule has 0 amide bonds. The smallest absolute Gasteiger partial charge is 0.0426 e. The Morgan fingerprint density at radius 2 is 2.33 bits per heavy atom. The van der Waals surface area contributed by atoms with Crippen molar-refractivity contribution in [2.75, 3.05) is 23.7 Å². The van der Waals surface area contributed by atoms with Crippen molar-refractivity contribution in [3.63, 3.8) is 0 Å². The number of nitrogens with zero attached hydrogens (tertiary/aromatic N) is 1. The Kier molecular flexibility index (Phi) is 4.98. The lowest BCUT2D eigenvalue weighted by molar-refractivity contribution is 0.716. The van der Waals surface area contributed by atoms with Crippen LogP contribution in [0.4, 0.5) is 5.69 Å². The fraction of sp³-hybridized carbons (Fsp3) is 0.571. The number of anilines is 1. The van der Waals surface area contributed by atoms with Gasteiger partial charge in [-0.1, -0.05) is 28.9 Å². The quantitative estimate of drug-likeness (QED) is 0.915. The summed E-state index contributed by atoms with van der Waals surface area (Å²) in [5.74, 6) is 1.21. The summed E-state index contributed by atoms with van der Waals surface area (Å²) in [5, 5.41) is 0.749. The molecule has 1 heterocycles. The van der Waals surface area contributed by atoms with E-state index in [1.807, 2.05) is 0 Å². The van der Waals surface area contributed by atoms with E-state index in [1.54, 1.807) is 0 Å². The summed E-state index contributed by atoms with van der Waals surface area (Å²) in [7, 11) is 0. The zero-order chi connectivity index (χ0) is 13.1. The first-order valence-corrected chi connectivity index (χ1v) is 8.37. The molecule has 0 bridgehead atoms. The first-order valence-electron chi connectivity index (χ1n) is 6.53. The van der Waals surface area contributed by atoms with Crippen molar-refractivity contribution in [2.24, 2.45) is 5.73 Å². The highest BCUT2D eigenvalue weighted by Gasteiger charge is 2.22. The van der Waals surface area contributed by atoms with Gasteiger partial charge in [0, 0.05) is 40.3 Å². The van der Waals surface area contributed by atoms with Gasteiger partial charge in [-0.05, 0) is 31.0 Å². The highest BCUT2D eigenvalue weighted by atomic mass is 79.9. The number of hydrogen-bond donors (Lipinski definition) is 1. The molecule has 1 aliphatic rings. The molecule has 2 N–H and O–H groups in total. The minimum atomic E-state index is 0.0859. The Morgan fingerprint density at radius 3 is 3.00 bits per heavy atom. The van der Waals surface area contributed by atoms with Crippen molar-refractivity contribution >= 4 is 33.4 Å². The molecule has 1 saturated heterocycles. The average Bonchev–Trinajstić information content (AvgIpc) is 2.38. The molecular formula is C14H21BrN2S. The van der Waals surface area contributed by atoms with Gasteiger partial charge < -0.3 is 10.6 Å². The lowest BCUT2D eigenvalue weighted by Crippen LogP contribution is -2.38. The van der Waals surface area contributed by atoms with Crippen LogP contribution in [-0.4, -0.2) is 24.1 Å². The Balaban J connectivity index is 2.28. The van der Waals surface area contributed by atoms with Crippen LogP contribution in [0.25, 0.3) is 0 Å². The highest BCUT2D eigenvalue weighted by Crippen LogP contribution is 2.32. The zero-order valence-electron chi connectivity index (χ0n) is 11.0. The van der Waals surface area contributed by atoms with Crippen LogP contribution >= 0.6 is 27.7 Å². The van der Waals surface area contributed by atoms with Crippen molar-refractivity contribution in [1.82, 2.24) is 0 Å². The minimum Gasteiger partial charge on any atom is -0.369 e. The van der Waals surface area contributed by atoms with E-state index in [9.17, 15) is 0 Å². The maximum absolute atomic E-state index is 6.09. The molecule has 1 aromatic rings. The molecule has 0 aliphatic carbocycles. The van der Waals surface area contributed by atoms with Gasteiger partial charge in [0.15, 0.2) is 0 Å². The number of halogens is 1. The Bertz CT molecular complexity index is 409. The highest BCUT2D eigenvalue weighted by molar-refractivity contribution is 9.10. The fourth-order valence-corrected chi connectivity index (χ4v) is 3.89. The molecule has 1 fully saturated rings. The van der Waals surface area contributed by atoms with E-state index in [0.29, 0.717) is 0 Å².